The van der Waals surface area contributed by atoms with Crippen LogP contribution in [0.1, 0.15) is 62.6 Å². The van der Waals surface area contributed by atoms with E-state index in [9.17, 15) is 24.3 Å². The van der Waals surface area contributed by atoms with Crippen molar-refractivity contribution in [2.45, 2.75) is 89.4 Å². The molecule has 3 rings (SSSR count). The van der Waals surface area contributed by atoms with Crippen LogP contribution in [-0.4, -0.2) is 93.4 Å². The van der Waals surface area contributed by atoms with Gasteiger partial charge >= 0.3 is 5.97 Å². The highest BCUT2D eigenvalue weighted by Crippen LogP contribution is 2.16. The van der Waals surface area contributed by atoms with Crippen LogP contribution in [0.4, 0.5) is 0 Å². The number of esters is 1. The first-order valence-electron chi connectivity index (χ1n) is 19.5. The number of rotatable bonds is 24. The Labute approximate surface area is 342 Å². The maximum absolute atomic E-state index is 14.0. The lowest BCUT2D eigenvalue weighted by molar-refractivity contribution is -0.145. The summed E-state index contributed by atoms with van der Waals surface area (Å²) in [7, 11) is 4.39. The van der Waals surface area contributed by atoms with E-state index >= 15 is 0 Å². The van der Waals surface area contributed by atoms with E-state index in [1.54, 1.807) is 38.5 Å². The predicted octanol–water partition coefficient (Wildman–Crippen LogP) is 3.54. The zero-order chi connectivity index (χ0) is 42.3. The summed E-state index contributed by atoms with van der Waals surface area (Å²) < 4.78 is 15.4. The summed E-state index contributed by atoms with van der Waals surface area (Å²) in [5.74, 6) is -0.409. The molecule has 0 unspecified atom stereocenters. The lowest BCUT2D eigenvalue weighted by Gasteiger charge is -2.27. The van der Waals surface area contributed by atoms with Crippen molar-refractivity contribution in [2.24, 2.45) is 10.7 Å². The van der Waals surface area contributed by atoms with Crippen molar-refractivity contribution in [1.82, 2.24) is 21.3 Å². The third-order valence-electron chi connectivity index (χ3n) is 9.32. The zero-order valence-corrected chi connectivity index (χ0v) is 34.3. The molecule has 0 radical (unpaired) electrons. The van der Waals surface area contributed by atoms with E-state index in [4.69, 9.17) is 19.9 Å². The minimum absolute atomic E-state index is 0.145. The number of carbonyl (C=O) groups excluding carboxylic acids is 4. The number of aliphatic imine (C=N–C) groups is 1. The monoisotopic (exact) mass is 800 g/mol. The smallest absolute Gasteiger partial charge is 0.328 e. The number of aryl methyl sites for hydroxylation is 1. The number of carbonyl (C=O) groups is 4. The summed E-state index contributed by atoms with van der Waals surface area (Å²) in [5, 5.41) is 23.1. The summed E-state index contributed by atoms with van der Waals surface area (Å²) in [6.07, 6.45) is 2.62. The number of aliphatic hydroxyl groups is 1. The molecular weight excluding hydrogens is 741 g/mol. The van der Waals surface area contributed by atoms with E-state index in [2.05, 4.69) is 26.3 Å². The van der Waals surface area contributed by atoms with Gasteiger partial charge in [-0.15, -0.1) is 0 Å². The number of nitrogens with two attached hydrogens (primary N) is 1. The molecule has 14 heteroatoms. The van der Waals surface area contributed by atoms with E-state index in [-0.39, 0.29) is 37.6 Å². The molecule has 0 aliphatic rings. The first kappa shape index (κ1) is 46.5. The van der Waals surface area contributed by atoms with Crippen molar-refractivity contribution in [3.05, 3.63) is 107 Å². The Balaban J connectivity index is 1.73. The van der Waals surface area contributed by atoms with Crippen LogP contribution in [0.25, 0.3) is 0 Å². The maximum Gasteiger partial charge on any atom is 0.328 e. The highest BCUT2D eigenvalue weighted by Gasteiger charge is 2.30. The Morgan fingerprint density at radius 1 is 0.759 bits per heavy atom. The molecule has 4 atom stereocenters. The minimum atomic E-state index is -1.36. The minimum Gasteiger partial charge on any atom is -0.497 e. The van der Waals surface area contributed by atoms with Crippen molar-refractivity contribution in [1.29, 1.82) is 0 Å². The summed E-state index contributed by atoms with van der Waals surface area (Å²) >= 11 is 0. The van der Waals surface area contributed by atoms with Crippen molar-refractivity contribution in [2.75, 3.05) is 34.4 Å². The molecule has 0 aromatic heterocycles. The number of guanidine groups is 1. The van der Waals surface area contributed by atoms with Crippen LogP contribution in [0.15, 0.2) is 95.5 Å². The van der Waals surface area contributed by atoms with Gasteiger partial charge in [-0.3, -0.25) is 14.4 Å². The lowest BCUT2D eigenvalue weighted by Crippen LogP contribution is -2.54. The second-order valence-corrected chi connectivity index (χ2v) is 14.2. The fourth-order valence-electron chi connectivity index (χ4n) is 6.04. The van der Waals surface area contributed by atoms with Gasteiger partial charge < -0.3 is 46.3 Å². The van der Waals surface area contributed by atoms with Crippen LogP contribution in [0.3, 0.4) is 0 Å². The quantitative estimate of drug-likeness (QED) is 0.0256. The summed E-state index contributed by atoms with van der Waals surface area (Å²) in [5.41, 5.74) is 9.76. The number of amides is 3. The van der Waals surface area contributed by atoms with Gasteiger partial charge in [0.1, 0.15) is 23.6 Å². The second kappa shape index (κ2) is 25.4. The molecule has 0 saturated carbocycles. The fourth-order valence-corrected chi connectivity index (χ4v) is 6.04. The summed E-state index contributed by atoms with van der Waals surface area (Å²) in [6.45, 7) is 4.78. The maximum atomic E-state index is 14.0. The molecule has 0 bridgehead atoms. The predicted molar refractivity (Wildman–Crippen MR) is 224 cm³/mol. The molecule has 3 aromatic carbocycles. The average molecular weight is 801 g/mol. The van der Waals surface area contributed by atoms with Gasteiger partial charge in [0.25, 0.3) is 0 Å². The van der Waals surface area contributed by atoms with Crippen LogP contribution < -0.4 is 36.5 Å². The van der Waals surface area contributed by atoms with Gasteiger partial charge in [0.15, 0.2) is 5.96 Å². The molecular formula is C44H60N6O8. The number of hydrogen-bond donors (Lipinski definition) is 6. The van der Waals surface area contributed by atoms with Gasteiger partial charge in [0.05, 0.1) is 46.4 Å². The van der Waals surface area contributed by atoms with Crippen LogP contribution in [-0.2, 0) is 43.2 Å². The number of nitrogens with one attached hydrogen (secondary N) is 4. The van der Waals surface area contributed by atoms with Gasteiger partial charge in [0, 0.05) is 19.4 Å². The standard InChI is InChI=1S/C44H60N6O8/c1-30(2)24-26-47-44(45)46-25-10-14-36(48-40(52)15-9-13-31-16-20-34(56-3)21-17-31)42(54)50-37(27-32-11-7-6-8-12-32)39(51)29-41(53)49-38(43(55)58-5)28-33-18-22-35(57-4)23-19-33/h6-8,11-12,16-24,36-39,51H,9-10,13-15,25-29H2,1-5H3,(H,48,52)(H,49,53)(H,50,54)(H3,45,46,47)/t36-,37+,38+,39+/m1/s1. The first-order valence-corrected chi connectivity index (χ1v) is 19.5. The molecule has 7 N–H and O–H groups in total. The largest absolute Gasteiger partial charge is 0.497 e. The third kappa shape index (κ3) is 17.5. The van der Waals surface area contributed by atoms with Gasteiger partial charge in [-0.2, -0.15) is 0 Å². The Morgan fingerprint density at radius 2 is 1.36 bits per heavy atom. The van der Waals surface area contributed by atoms with Crippen LogP contribution in [0.5, 0.6) is 11.5 Å². The molecule has 14 nitrogen and oxygen atoms in total. The first-order chi connectivity index (χ1) is 27.9. The Bertz CT molecular complexity index is 1780. The summed E-state index contributed by atoms with van der Waals surface area (Å²) in [4.78, 5) is 57.6. The SMILES string of the molecule is COC(=O)[C@H](Cc1ccc(OC)cc1)NC(=O)C[C@H](O)[C@H](Cc1ccccc1)NC(=O)[C@@H](CCCNC(N)=NCC=C(C)C)NC(=O)CCCc1ccc(OC)cc1. The van der Waals surface area contributed by atoms with Crippen molar-refractivity contribution < 1.29 is 38.5 Å². The molecule has 0 aliphatic carbocycles. The molecule has 314 valence electrons. The number of aliphatic hydroxyl groups excluding tert-OH is 1. The molecule has 0 heterocycles. The number of allylic oxidation sites excluding steroid dienone is 1. The highest BCUT2D eigenvalue weighted by molar-refractivity contribution is 5.88. The van der Waals surface area contributed by atoms with Crippen molar-refractivity contribution in [3.8, 4) is 11.5 Å². The molecule has 0 saturated heterocycles. The van der Waals surface area contributed by atoms with Crippen molar-refractivity contribution >= 4 is 29.7 Å². The van der Waals surface area contributed by atoms with E-state index in [0.717, 1.165) is 28.0 Å². The molecule has 58 heavy (non-hydrogen) atoms. The van der Waals surface area contributed by atoms with Crippen LogP contribution >= 0.6 is 0 Å². The topological polar surface area (TPSA) is 203 Å². The zero-order valence-electron chi connectivity index (χ0n) is 34.3. The molecule has 0 aliphatic heterocycles. The van der Waals surface area contributed by atoms with Gasteiger partial charge in [-0.25, -0.2) is 9.79 Å². The highest BCUT2D eigenvalue weighted by atomic mass is 16.5. The number of benzene rings is 3. The number of ether oxygens (including phenoxy) is 3. The summed E-state index contributed by atoms with van der Waals surface area (Å²) in [6, 6.07) is 21.0. The molecule has 0 fully saturated rings. The van der Waals surface area contributed by atoms with Gasteiger partial charge in [-0.1, -0.05) is 66.2 Å². The lowest BCUT2D eigenvalue weighted by atomic mass is 9.97. The van der Waals surface area contributed by atoms with E-state index in [0.29, 0.717) is 38.1 Å². The Kier molecular flexibility index (Phi) is 20.3. The number of nitrogens with zero attached hydrogens (tertiary/aromatic N) is 1. The van der Waals surface area contributed by atoms with E-state index < -0.39 is 48.4 Å². The normalized spacial score (nSPS) is 13.2. The van der Waals surface area contributed by atoms with Gasteiger partial charge in [-0.05, 0) is 86.9 Å². The number of methoxy groups -OCH3 is 3. The van der Waals surface area contributed by atoms with E-state index in [1.807, 2.05) is 74.5 Å². The van der Waals surface area contributed by atoms with Gasteiger partial charge in [0.2, 0.25) is 17.7 Å². The van der Waals surface area contributed by atoms with E-state index in [1.165, 1.54) is 7.11 Å². The number of hydrogen-bond acceptors (Lipinski definition) is 9. The van der Waals surface area contributed by atoms with Crippen molar-refractivity contribution in [3.63, 3.8) is 0 Å². The molecule has 3 amide bonds. The molecule has 0 spiro atoms. The Morgan fingerprint density at radius 3 is 1.97 bits per heavy atom. The Hall–Kier alpha value is -5.89. The third-order valence-corrected chi connectivity index (χ3v) is 9.32. The van der Waals surface area contributed by atoms with Crippen LogP contribution in [0.2, 0.25) is 0 Å². The fraction of sp³-hybridized carbons (Fsp3) is 0.432. The average Bonchev–Trinajstić information content (AvgIpc) is 3.21. The second-order valence-electron chi connectivity index (χ2n) is 14.2. The van der Waals surface area contributed by atoms with Crippen LogP contribution in [0, 0.1) is 0 Å². The molecule has 3 aromatic rings.